The number of unbranched alkanes of at least 4 members (excludes halogenated alkanes) is 3. The highest BCUT2D eigenvalue weighted by Crippen LogP contribution is 2.20. The maximum atomic E-state index is 11.9. The molecule has 0 aliphatic rings. The Morgan fingerprint density at radius 2 is 1.00 bits per heavy atom. The molecular weight excluding hydrogens is 528 g/mol. The van der Waals surface area contributed by atoms with E-state index in [1.807, 2.05) is 60.7 Å². The molecular formula is C34H42N4O4. The van der Waals surface area contributed by atoms with Crippen molar-refractivity contribution in [2.75, 3.05) is 49.2 Å². The number of esters is 2. The number of carbonyl (C=O) groups is 2. The van der Waals surface area contributed by atoms with Gasteiger partial charge < -0.3 is 19.3 Å². The smallest absolute Gasteiger partial charge is 0.348 e. The van der Waals surface area contributed by atoms with Crippen molar-refractivity contribution in [3.8, 4) is 12.1 Å². The first-order valence-electron chi connectivity index (χ1n) is 14.7. The third-order valence-corrected chi connectivity index (χ3v) is 6.74. The van der Waals surface area contributed by atoms with Gasteiger partial charge in [-0.1, -0.05) is 37.1 Å². The van der Waals surface area contributed by atoms with E-state index < -0.39 is 11.9 Å². The van der Waals surface area contributed by atoms with Crippen molar-refractivity contribution in [1.29, 1.82) is 10.5 Å². The number of nitriles is 2. The van der Waals surface area contributed by atoms with E-state index in [1.54, 1.807) is 26.0 Å². The van der Waals surface area contributed by atoms with Gasteiger partial charge in [0, 0.05) is 37.6 Å². The molecule has 0 spiro atoms. The lowest BCUT2D eigenvalue weighted by Crippen LogP contribution is -2.24. The molecule has 0 aliphatic carbocycles. The lowest BCUT2D eigenvalue weighted by molar-refractivity contribution is -0.138. The van der Waals surface area contributed by atoms with E-state index in [4.69, 9.17) is 9.47 Å². The molecule has 0 heterocycles. The second kappa shape index (κ2) is 18.7. The molecule has 0 atom stereocenters. The van der Waals surface area contributed by atoms with Gasteiger partial charge in [0.15, 0.2) is 0 Å². The lowest BCUT2D eigenvalue weighted by Gasteiger charge is -2.24. The molecule has 2 rings (SSSR count). The van der Waals surface area contributed by atoms with Crippen LogP contribution in [-0.4, -0.2) is 51.3 Å². The van der Waals surface area contributed by atoms with Crippen molar-refractivity contribution >= 4 is 35.5 Å². The zero-order valence-electron chi connectivity index (χ0n) is 25.3. The molecule has 2 aromatic rings. The number of ether oxygens (including phenoxy) is 2. The molecule has 0 radical (unpaired) electrons. The van der Waals surface area contributed by atoms with Gasteiger partial charge in [0.05, 0.1) is 13.2 Å². The number of hydrogen-bond acceptors (Lipinski definition) is 8. The summed E-state index contributed by atoms with van der Waals surface area (Å²) < 4.78 is 9.86. The molecule has 0 N–H and O–H groups in total. The summed E-state index contributed by atoms with van der Waals surface area (Å²) in [5, 5.41) is 18.5. The van der Waals surface area contributed by atoms with Gasteiger partial charge in [-0.25, -0.2) is 9.59 Å². The molecule has 0 bridgehead atoms. The third-order valence-electron chi connectivity index (χ3n) is 6.74. The molecule has 0 fully saturated rings. The van der Waals surface area contributed by atoms with Crippen LogP contribution in [0.4, 0.5) is 11.4 Å². The normalized spacial score (nSPS) is 11.3. The fourth-order valence-corrected chi connectivity index (χ4v) is 4.49. The Balaban J connectivity index is 1.83. The van der Waals surface area contributed by atoms with Gasteiger partial charge in [-0.05, 0) is 88.1 Å². The van der Waals surface area contributed by atoms with E-state index in [0.29, 0.717) is 0 Å². The standard InChI is InChI=1S/C34H42N4O4/c1-5-37(31-17-13-27(14-18-31)23-29(25-35)33(39)41-7-3)21-11-9-10-12-22-38(6-2)32-19-15-28(16-20-32)24-30(26-36)34(40)42-8-4/h13-20,23-24H,5-12,21-22H2,1-4H3/b29-23+,30-24+. The summed E-state index contributed by atoms with van der Waals surface area (Å²) in [5.74, 6) is -1.20. The van der Waals surface area contributed by atoms with E-state index in [9.17, 15) is 20.1 Å². The molecule has 222 valence electrons. The van der Waals surface area contributed by atoms with Crippen LogP contribution in [0.25, 0.3) is 12.2 Å². The van der Waals surface area contributed by atoms with Crippen LogP contribution in [0.15, 0.2) is 59.7 Å². The third kappa shape index (κ3) is 10.8. The first kappa shape index (κ1) is 33.6. The summed E-state index contributed by atoms with van der Waals surface area (Å²) in [7, 11) is 0. The average molecular weight is 571 g/mol. The molecule has 8 nitrogen and oxygen atoms in total. The Morgan fingerprint density at radius 1 is 0.643 bits per heavy atom. The molecule has 42 heavy (non-hydrogen) atoms. The van der Waals surface area contributed by atoms with Gasteiger partial charge in [0.2, 0.25) is 0 Å². The summed E-state index contributed by atoms with van der Waals surface area (Å²) in [5.41, 5.74) is 3.79. The first-order chi connectivity index (χ1) is 20.4. The summed E-state index contributed by atoms with van der Waals surface area (Å²) in [4.78, 5) is 28.4. The van der Waals surface area contributed by atoms with Crippen LogP contribution >= 0.6 is 0 Å². The Labute approximate surface area is 250 Å². The molecule has 0 saturated heterocycles. The minimum Gasteiger partial charge on any atom is -0.462 e. The number of nitrogens with zero attached hydrogens (tertiary/aromatic N) is 4. The zero-order chi connectivity index (χ0) is 30.7. The van der Waals surface area contributed by atoms with Crippen molar-refractivity contribution < 1.29 is 19.1 Å². The number of hydrogen-bond donors (Lipinski definition) is 0. The van der Waals surface area contributed by atoms with E-state index in [1.165, 1.54) is 0 Å². The largest absolute Gasteiger partial charge is 0.462 e. The van der Waals surface area contributed by atoms with Crippen molar-refractivity contribution in [2.24, 2.45) is 0 Å². The molecule has 0 amide bonds. The summed E-state index contributed by atoms with van der Waals surface area (Å²) >= 11 is 0. The maximum Gasteiger partial charge on any atom is 0.348 e. The average Bonchev–Trinajstić information content (AvgIpc) is 3.01. The van der Waals surface area contributed by atoms with Crippen LogP contribution in [0.1, 0.15) is 64.5 Å². The SMILES string of the molecule is CCOC(=O)/C(C#N)=C/c1ccc(N(CC)CCCCCCN(CC)c2ccc(/C=C(\C#N)C(=O)OCC)cc2)cc1. The van der Waals surface area contributed by atoms with E-state index in [2.05, 4.69) is 23.6 Å². The fourth-order valence-electron chi connectivity index (χ4n) is 4.49. The summed E-state index contributed by atoms with van der Waals surface area (Å²) in [6, 6.07) is 19.6. The number of benzene rings is 2. The topological polar surface area (TPSA) is 107 Å². The van der Waals surface area contributed by atoms with Gasteiger partial charge in [-0.3, -0.25) is 0 Å². The van der Waals surface area contributed by atoms with Crippen LogP contribution in [0, 0.1) is 22.7 Å². The minimum atomic E-state index is -0.602. The van der Waals surface area contributed by atoms with Gasteiger partial charge in [0.1, 0.15) is 23.3 Å². The second-order valence-electron chi connectivity index (χ2n) is 9.54. The Bertz CT molecular complexity index is 1180. The second-order valence-corrected chi connectivity index (χ2v) is 9.54. The maximum absolute atomic E-state index is 11.9. The van der Waals surface area contributed by atoms with Crippen LogP contribution in [-0.2, 0) is 19.1 Å². The van der Waals surface area contributed by atoms with Gasteiger partial charge >= 0.3 is 11.9 Å². The van der Waals surface area contributed by atoms with Crippen LogP contribution in [0.5, 0.6) is 0 Å². The van der Waals surface area contributed by atoms with Crippen molar-refractivity contribution in [3.63, 3.8) is 0 Å². The zero-order valence-corrected chi connectivity index (χ0v) is 25.3. The monoisotopic (exact) mass is 570 g/mol. The highest BCUT2D eigenvalue weighted by molar-refractivity contribution is 5.98. The van der Waals surface area contributed by atoms with Crippen molar-refractivity contribution in [3.05, 3.63) is 70.8 Å². The van der Waals surface area contributed by atoms with Crippen LogP contribution < -0.4 is 9.80 Å². The lowest BCUT2D eigenvalue weighted by atomic mass is 10.1. The predicted molar refractivity (Wildman–Crippen MR) is 168 cm³/mol. The number of anilines is 2. The molecule has 8 heteroatoms. The van der Waals surface area contributed by atoms with E-state index in [-0.39, 0.29) is 24.4 Å². The molecule has 0 aliphatic heterocycles. The van der Waals surface area contributed by atoms with Gasteiger partial charge in [0.25, 0.3) is 0 Å². The van der Waals surface area contributed by atoms with E-state index in [0.717, 1.165) is 74.4 Å². The quantitative estimate of drug-likeness (QED) is 0.0913. The highest BCUT2D eigenvalue weighted by atomic mass is 16.5. The minimum absolute atomic E-state index is 0.00650. The Hall–Kier alpha value is -4.56. The summed E-state index contributed by atoms with van der Waals surface area (Å²) in [6.07, 6.45) is 7.56. The number of rotatable bonds is 17. The Morgan fingerprint density at radius 3 is 1.29 bits per heavy atom. The van der Waals surface area contributed by atoms with Gasteiger partial charge in [-0.15, -0.1) is 0 Å². The fraction of sp³-hybridized carbons (Fsp3) is 0.412. The van der Waals surface area contributed by atoms with Crippen LogP contribution in [0.2, 0.25) is 0 Å². The van der Waals surface area contributed by atoms with E-state index >= 15 is 0 Å². The molecule has 2 aromatic carbocycles. The molecule has 0 saturated carbocycles. The van der Waals surface area contributed by atoms with Gasteiger partial charge in [-0.2, -0.15) is 10.5 Å². The Kier molecular flexibility index (Phi) is 15.0. The summed E-state index contributed by atoms with van der Waals surface area (Å²) in [6.45, 7) is 11.9. The van der Waals surface area contributed by atoms with Crippen molar-refractivity contribution in [2.45, 2.75) is 53.4 Å². The highest BCUT2D eigenvalue weighted by Gasteiger charge is 2.12. The molecule has 0 unspecified atom stereocenters. The first-order valence-corrected chi connectivity index (χ1v) is 14.7. The number of carbonyl (C=O) groups excluding carboxylic acids is 2. The molecule has 0 aromatic heterocycles. The van der Waals surface area contributed by atoms with Crippen molar-refractivity contribution in [1.82, 2.24) is 0 Å². The predicted octanol–water partition coefficient (Wildman–Crippen LogP) is 6.54. The van der Waals surface area contributed by atoms with Crippen LogP contribution in [0.3, 0.4) is 0 Å².